The highest BCUT2D eigenvalue weighted by molar-refractivity contribution is 8.78. The van der Waals surface area contributed by atoms with Gasteiger partial charge in [-0.05, 0) is 47.3 Å². The molecule has 2 nitrogen and oxygen atoms in total. The molecule has 0 atom stereocenters. The average Bonchev–Trinajstić information content (AvgIpc) is 3.01. The van der Waals surface area contributed by atoms with Gasteiger partial charge in [0.15, 0.2) is 8.68 Å². The minimum atomic E-state index is 0.834. The van der Waals surface area contributed by atoms with Crippen molar-refractivity contribution in [2.75, 3.05) is 0 Å². The molecule has 2 aliphatic carbocycles. The van der Waals surface area contributed by atoms with Crippen LogP contribution in [0.5, 0.6) is 0 Å². The van der Waals surface area contributed by atoms with Crippen LogP contribution in [0, 0.1) is 0 Å². The number of rotatable bonds is 6. The molecule has 2 fully saturated rings. The van der Waals surface area contributed by atoms with Crippen molar-refractivity contribution >= 4 is 54.5 Å². The summed E-state index contributed by atoms with van der Waals surface area (Å²) < 4.78 is 2.27. The summed E-state index contributed by atoms with van der Waals surface area (Å²) in [6.45, 7) is 0. The normalized spacial score (nSPS) is 21.7. The van der Waals surface area contributed by atoms with Gasteiger partial charge in [0, 0.05) is 10.5 Å². The molecule has 0 aliphatic heterocycles. The lowest BCUT2D eigenvalue weighted by atomic mass is 10.0. The van der Waals surface area contributed by atoms with Crippen molar-refractivity contribution in [1.82, 2.24) is 10.2 Å². The molecule has 1 aromatic heterocycles. The summed E-state index contributed by atoms with van der Waals surface area (Å²) >= 11 is 1.77. The van der Waals surface area contributed by atoms with Gasteiger partial charge in [0.1, 0.15) is 0 Å². The second-order valence-corrected chi connectivity index (χ2v) is 12.2. The topological polar surface area (TPSA) is 25.8 Å². The monoisotopic (exact) mass is 378 g/mol. The molecule has 0 radical (unpaired) electrons. The van der Waals surface area contributed by atoms with E-state index in [0.717, 1.165) is 19.2 Å². The molecular weight excluding hydrogens is 357 g/mol. The highest BCUT2D eigenvalue weighted by Gasteiger charge is 2.18. The second-order valence-electron chi connectivity index (χ2n) is 5.71. The molecule has 2 saturated carbocycles. The third kappa shape index (κ3) is 5.83. The smallest absolute Gasteiger partial charge is 0.130 e. The fourth-order valence-corrected chi connectivity index (χ4v) is 9.64. The Balaban J connectivity index is 1.38. The Hall–Kier alpha value is 0.960. The molecule has 1 aromatic rings. The Kier molecular flexibility index (Phi) is 7.44. The van der Waals surface area contributed by atoms with E-state index in [9.17, 15) is 0 Å². The standard InChI is InChI=1S/C14H22N2S5/c1-3-7-11(8-4-1)18-20-13-15-16-14(17-13)21-19-12-9-5-2-6-10-12/h11-12H,1-10H2. The zero-order valence-corrected chi connectivity index (χ0v) is 16.2. The van der Waals surface area contributed by atoms with E-state index < -0.39 is 0 Å². The van der Waals surface area contributed by atoms with Crippen molar-refractivity contribution in [2.24, 2.45) is 0 Å². The van der Waals surface area contributed by atoms with Gasteiger partial charge in [-0.15, -0.1) is 10.2 Å². The Labute approximate surface area is 147 Å². The lowest BCUT2D eigenvalue weighted by Gasteiger charge is -2.19. The molecule has 0 aromatic carbocycles. The summed E-state index contributed by atoms with van der Waals surface area (Å²) in [5.74, 6) is 0. The molecular formula is C14H22N2S5. The first kappa shape index (κ1) is 16.8. The third-order valence-corrected chi connectivity index (χ3v) is 11.4. The van der Waals surface area contributed by atoms with E-state index in [1.807, 2.05) is 43.2 Å². The van der Waals surface area contributed by atoms with E-state index in [0.29, 0.717) is 0 Å². The number of aromatic nitrogens is 2. The zero-order chi connectivity index (χ0) is 14.3. The predicted octanol–water partition coefficient (Wildman–Crippen LogP) is 6.68. The van der Waals surface area contributed by atoms with Gasteiger partial charge >= 0.3 is 0 Å². The van der Waals surface area contributed by atoms with Crippen LogP contribution in [-0.2, 0) is 0 Å². The lowest BCUT2D eigenvalue weighted by Crippen LogP contribution is -2.06. The van der Waals surface area contributed by atoms with Gasteiger partial charge < -0.3 is 0 Å². The Morgan fingerprint density at radius 1 is 0.667 bits per heavy atom. The first-order valence-corrected chi connectivity index (χ1v) is 13.1. The van der Waals surface area contributed by atoms with Gasteiger partial charge in [-0.3, -0.25) is 0 Å². The molecule has 3 rings (SSSR count). The van der Waals surface area contributed by atoms with Gasteiger partial charge in [-0.2, -0.15) is 0 Å². The fourth-order valence-electron chi connectivity index (χ4n) is 2.81. The SMILES string of the molecule is C1CCC(SSc2nnc(SSC3CCCCC3)s2)CC1. The van der Waals surface area contributed by atoms with E-state index in [4.69, 9.17) is 0 Å². The highest BCUT2D eigenvalue weighted by atomic mass is 33.1. The van der Waals surface area contributed by atoms with Crippen LogP contribution < -0.4 is 0 Å². The van der Waals surface area contributed by atoms with E-state index in [1.54, 1.807) is 11.3 Å². The molecule has 0 unspecified atom stereocenters. The maximum Gasteiger partial charge on any atom is 0.185 e. The number of nitrogens with zero attached hydrogens (tertiary/aromatic N) is 2. The van der Waals surface area contributed by atoms with Crippen LogP contribution in [0.25, 0.3) is 0 Å². The van der Waals surface area contributed by atoms with E-state index >= 15 is 0 Å². The minimum absolute atomic E-state index is 0.834. The maximum absolute atomic E-state index is 4.34. The molecule has 21 heavy (non-hydrogen) atoms. The zero-order valence-electron chi connectivity index (χ0n) is 12.2. The molecule has 118 valence electrons. The largest absolute Gasteiger partial charge is 0.185 e. The summed E-state index contributed by atoms with van der Waals surface area (Å²) in [4.78, 5) is 0. The maximum atomic E-state index is 4.34. The van der Waals surface area contributed by atoms with E-state index in [1.165, 1.54) is 64.2 Å². The van der Waals surface area contributed by atoms with Crippen LogP contribution in [0.2, 0.25) is 0 Å². The van der Waals surface area contributed by atoms with Gasteiger partial charge in [0.2, 0.25) is 0 Å². The summed E-state index contributed by atoms with van der Waals surface area (Å²) in [6.07, 6.45) is 14.0. The molecule has 1 heterocycles. The summed E-state index contributed by atoms with van der Waals surface area (Å²) in [5, 5.41) is 10.3. The van der Waals surface area contributed by atoms with Crippen molar-refractivity contribution in [2.45, 2.75) is 83.4 Å². The van der Waals surface area contributed by atoms with Gasteiger partial charge in [0.05, 0.1) is 0 Å². The minimum Gasteiger partial charge on any atom is -0.130 e. The first-order chi connectivity index (χ1) is 10.4. The number of hydrogen-bond donors (Lipinski definition) is 0. The predicted molar refractivity (Wildman–Crippen MR) is 101 cm³/mol. The molecule has 0 bridgehead atoms. The first-order valence-electron chi connectivity index (χ1n) is 7.90. The average molecular weight is 379 g/mol. The molecule has 2 aliphatic rings. The summed E-state index contributed by atoms with van der Waals surface area (Å²) in [7, 11) is 7.73. The summed E-state index contributed by atoms with van der Waals surface area (Å²) in [6, 6.07) is 0. The quantitative estimate of drug-likeness (QED) is 0.512. The molecule has 0 saturated heterocycles. The van der Waals surface area contributed by atoms with E-state index in [2.05, 4.69) is 10.2 Å². The summed E-state index contributed by atoms with van der Waals surface area (Å²) in [5.41, 5.74) is 0. The van der Waals surface area contributed by atoms with Crippen LogP contribution in [0.1, 0.15) is 64.2 Å². The van der Waals surface area contributed by atoms with Crippen LogP contribution >= 0.6 is 54.5 Å². The van der Waals surface area contributed by atoms with Gasteiger partial charge in [-0.1, -0.05) is 71.4 Å². The Morgan fingerprint density at radius 3 is 1.52 bits per heavy atom. The van der Waals surface area contributed by atoms with Gasteiger partial charge in [0.25, 0.3) is 0 Å². The fraction of sp³-hybridized carbons (Fsp3) is 0.857. The van der Waals surface area contributed by atoms with Crippen LogP contribution in [0.3, 0.4) is 0 Å². The van der Waals surface area contributed by atoms with Crippen molar-refractivity contribution < 1.29 is 0 Å². The van der Waals surface area contributed by atoms with E-state index in [-0.39, 0.29) is 0 Å². The molecule has 7 heteroatoms. The van der Waals surface area contributed by atoms with Crippen LogP contribution in [-0.4, -0.2) is 20.7 Å². The third-order valence-electron chi connectivity index (χ3n) is 4.00. The second kappa shape index (κ2) is 9.30. The van der Waals surface area contributed by atoms with Crippen molar-refractivity contribution in [3.63, 3.8) is 0 Å². The Bertz CT molecular complexity index is 377. The van der Waals surface area contributed by atoms with Crippen LogP contribution in [0.15, 0.2) is 8.68 Å². The van der Waals surface area contributed by atoms with Crippen molar-refractivity contribution in [1.29, 1.82) is 0 Å². The van der Waals surface area contributed by atoms with Crippen molar-refractivity contribution in [3.05, 3.63) is 0 Å². The Morgan fingerprint density at radius 2 is 1.10 bits per heavy atom. The number of hydrogen-bond acceptors (Lipinski definition) is 7. The van der Waals surface area contributed by atoms with Gasteiger partial charge in [-0.25, -0.2) is 0 Å². The molecule has 0 spiro atoms. The molecule has 0 N–H and O–H groups in total. The van der Waals surface area contributed by atoms with Crippen LogP contribution in [0.4, 0.5) is 0 Å². The van der Waals surface area contributed by atoms with Crippen molar-refractivity contribution in [3.8, 4) is 0 Å². The highest BCUT2D eigenvalue weighted by Crippen LogP contribution is 2.45. The molecule has 0 amide bonds. The lowest BCUT2D eigenvalue weighted by molar-refractivity contribution is 0.517.